The van der Waals surface area contributed by atoms with Crippen LogP contribution in [0.4, 0.5) is 13.2 Å². The first kappa shape index (κ1) is 16.9. The zero-order valence-electron chi connectivity index (χ0n) is 11.9. The van der Waals surface area contributed by atoms with Crippen molar-refractivity contribution in [1.29, 1.82) is 0 Å². The maximum absolute atomic E-state index is 13.0. The van der Waals surface area contributed by atoms with Gasteiger partial charge < -0.3 is 5.11 Å². The second kappa shape index (κ2) is 8.18. The zero-order valence-corrected chi connectivity index (χ0v) is 11.9. The molecule has 1 N–H and O–H groups in total. The first-order valence-corrected chi connectivity index (χ1v) is 7.28. The van der Waals surface area contributed by atoms with E-state index in [1.165, 1.54) is 12.1 Å². The lowest BCUT2D eigenvalue weighted by molar-refractivity contribution is -0.178. The number of phenolic OH excluding ortho intramolecular Hbond substituents is 1. The largest absolute Gasteiger partial charge is 0.508 e. The van der Waals surface area contributed by atoms with Crippen molar-refractivity contribution in [3.8, 4) is 5.75 Å². The summed E-state index contributed by atoms with van der Waals surface area (Å²) in [6, 6.07) is 6.39. The molecule has 0 radical (unpaired) electrons. The summed E-state index contributed by atoms with van der Waals surface area (Å²) in [5.41, 5.74) is 0.839. The number of aromatic hydroxyl groups is 1. The van der Waals surface area contributed by atoms with Crippen molar-refractivity contribution in [3.63, 3.8) is 0 Å². The molecule has 0 amide bonds. The van der Waals surface area contributed by atoms with E-state index in [-0.39, 0.29) is 18.6 Å². The van der Waals surface area contributed by atoms with E-state index < -0.39 is 12.1 Å². The van der Waals surface area contributed by atoms with Gasteiger partial charge in [-0.2, -0.15) is 13.2 Å². The zero-order chi connectivity index (χ0) is 15.0. The first-order valence-electron chi connectivity index (χ1n) is 7.28. The number of benzene rings is 1. The standard InChI is InChI=1S/C16H23F3O/c1-2-3-4-5-6-14(16(17,18)19)10-7-13-8-11-15(20)12-9-13/h8-9,11-12,14,20H,2-7,10H2,1H3. The fourth-order valence-corrected chi connectivity index (χ4v) is 2.29. The molecule has 0 aliphatic rings. The Morgan fingerprint density at radius 3 is 2.20 bits per heavy atom. The highest BCUT2D eigenvalue weighted by atomic mass is 19.4. The van der Waals surface area contributed by atoms with Gasteiger partial charge in [-0.05, 0) is 37.0 Å². The maximum atomic E-state index is 13.0. The van der Waals surface area contributed by atoms with E-state index in [2.05, 4.69) is 0 Å². The summed E-state index contributed by atoms with van der Waals surface area (Å²) in [6.45, 7) is 2.05. The average Bonchev–Trinajstić information content (AvgIpc) is 2.38. The van der Waals surface area contributed by atoms with Crippen LogP contribution in [0.15, 0.2) is 24.3 Å². The molecule has 20 heavy (non-hydrogen) atoms. The molecule has 114 valence electrons. The molecule has 0 saturated heterocycles. The predicted octanol–water partition coefficient (Wildman–Crippen LogP) is 5.47. The van der Waals surface area contributed by atoms with Crippen molar-refractivity contribution < 1.29 is 18.3 Å². The third-order valence-electron chi connectivity index (χ3n) is 3.59. The van der Waals surface area contributed by atoms with Gasteiger partial charge in [-0.3, -0.25) is 0 Å². The molecule has 0 heterocycles. The van der Waals surface area contributed by atoms with E-state index in [1.807, 2.05) is 6.92 Å². The van der Waals surface area contributed by atoms with Gasteiger partial charge in [0.1, 0.15) is 5.75 Å². The Hall–Kier alpha value is -1.19. The lowest BCUT2D eigenvalue weighted by atomic mass is 9.93. The van der Waals surface area contributed by atoms with Crippen molar-refractivity contribution in [3.05, 3.63) is 29.8 Å². The van der Waals surface area contributed by atoms with Gasteiger partial charge in [0.15, 0.2) is 0 Å². The molecule has 0 aromatic heterocycles. The van der Waals surface area contributed by atoms with E-state index in [0.29, 0.717) is 12.8 Å². The van der Waals surface area contributed by atoms with Crippen LogP contribution in [0.5, 0.6) is 5.75 Å². The van der Waals surface area contributed by atoms with Crippen molar-refractivity contribution in [1.82, 2.24) is 0 Å². The molecular weight excluding hydrogens is 265 g/mol. The minimum absolute atomic E-state index is 0.125. The molecule has 0 fully saturated rings. The monoisotopic (exact) mass is 288 g/mol. The lowest BCUT2D eigenvalue weighted by Gasteiger charge is -2.20. The van der Waals surface area contributed by atoms with Crippen LogP contribution in [-0.4, -0.2) is 11.3 Å². The van der Waals surface area contributed by atoms with Crippen molar-refractivity contribution in [2.75, 3.05) is 0 Å². The Morgan fingerprint density at radius 2 is 1.65 bits per heavy atom. The molecule has 1 nitrogen and oxygen atoms in total. The highest BCUT2D eigenvalue weighted by Crippen LogP contribution is 2.34. The number of hydrogen-bond acceptors (Lipinski definition) is 1. The fourth-order valence-electron chi connectivity index (χ4n) is 2.29. The molecular formula is C16H23F3O. The Balaban J connectivity index is 2.46. The summed E-state index contributed by atoms with van der Waals surface area (Å²) < 4.78 is 38.9. The number of alkyl halides is 3. The number of phenols is 1. The molecule has 0 aliphatic carbocycles. The number of hydrogen-bond donors (Lipinski definition) is 1. The van der Waals surface area contributed by atoms with E-state index in [1.54, 1.807) is 12.1 Å². The molecule has 0 spiro atoms. The van der Waals surface area contributed by atoms with Gasteiger partial charge in [-0.1, -0.05) is 44.7 Å². The van der Waals surface area contributed by atoms with Gasteiger partial charge in [0, 0.05) is 0 Å². The Labute approximate surface area is 118 Å². The first-order chi connectivity index (χ1) is 9.43. The summed E-state index contributed by atoms with van der Waals surface area (Å²) in [5.74, 6) is -1.08. The minimum Gasteiger partial charge on any atom is -0.508 e. The molecule has 1 rings (SSSR count). The predicted molar refractivity (Wildman–Crippen MR) is 74.7 cm³/mol. The Bertz CT molecular complexity index is 370. The molecule has 1 atom stereocenters. The highest BCUT2D eigenvalue weighted by molar-refractivity contribution is 5.25. The van der Waals surface area contributed by atoms with E-state index in [9.17, 15) is 13.2 Å². The third kappa shape index (κ3) is 6.31. The molecule has 0 saturated carbocycles. The smallest absolute Gasteiger partial charge is 0.391 e. The van der Waals surface area contributed by atoms with Gasteiger partial charge in [0.25, 0.3) is 0 Å². The van der Waals surface area contributed by atoms with Gasteiger partial charge in [0.05, 0.1) is 5.92 Å². The number of rotatable bonds is 8. The lowest BCUT2D eigenvalue weighted by Crippen LogP contribution is -2.23. The van der Waals surface area contributed by atoms with Crippen LogP contribution in [0.3, 0.4) is 0 Å². The quantitative estimate of drug-likeness (QED) is 0.628. The SMILES string of the molecule is CCCCCCC(CCc1ccc(O)cc1)C(F)(F)F. The molecule has 0 bridgehead atoms. The molecule has 0 aliphatic heterocycles. The number of aryl methyl sites for hydroxylation is 1. The number of halogens is 3. The number of unbranched alkanes of at least 4 members (excludes halogenated alkanes) is 3. The second-order valence-electron chi connectivity index (χ2n) is 5.29. The summed E-state index contributed by atoms with van der Waals surface area (Å²) in [5, 5.41) is 9.15. The van der Waals surface area contributed by atoms with Crippen LogP contribution in [0.1, 0.15) is 51.0 Å². The van der Waals surface area contributed by atoms with Gasteiger partial charge in [-0.15, -0.1) is 0 Å². The van der Waals surface area contributed by atoms with Crippen LogP contribution < -0.4 is 0 Å². The maximum Gasteiger partial charge on any atom is 0.391 e. The van der Waals surface area contributed by atoms with Crippen LogP contribution in [0.2, 0.25) is 0 Å². The Kier molecular flexibility index (Phi) is 6.89. The van der Waals surface area contributed by atoms with Crippen LogP contribution in [-0.2, 0) is 6.42 Å². The molecule has 4 heteroatoms. The summed E-state index contributed by atoms with van der Waals surface area (Å²) in [6.07, 6.45) is 0.200. The minimum atomic E-state index is -4.11. The summed E-state index contributed by atoms with van der Waals surface area (Å²) in [4.78, 5) is 0. The summed E-state index contributed by atoms with van der Waals surface area (Å²) >= 11 is 0. The van der Waals surface area contributed by atoms with Crippen LogP contribution in [0.25, 0.3) is 0 Å². The molecule has 1 aromatic carbocycles. The summed E-state index contributed by atoms with van der Waals surface area (Å²) in [7, 11) is 0. The van der Waals surface area contributed by atoms with E-state index in [4.69, 9.17) is 5.11 Å². The van der Waals surface area contributed by atoms with Crippen molar-refractivity contribution in [2.24, 2.45) is 5.92 Å². The molecule has 1 unspecified atom stereocenters. The van der Waals surface area contributed by atoms with Gasteiger partial charge >= 0.3 is 6.18 Å². The van der Waals surface area contributed by atoms with Crippen molar-refractivity contribution >= 4 is 0 Å². The highest BCUT2D eigenvalue weighted by Gasteiger charge is 2.38. The van der Waals surface area contributed by atoms with E-state index in [0.717, 1.165) is 24.8 Å². The average molecular weight is 288 g/mol. The molecule has 1 aromatic rings. The van der Waals surface area contributed by atoms with Crippen LogP contribution in [0, 0.1) is 5.92 Å². The van der Waals surface area contributed by atoms with Crippen LogP contribution >= 0.6 is 0 Å². The normalized spacial score (nSPS) is 13.4. The van der Waals surface area contributed by atoms with Gasteiger partial charge in [-0.25, -0.2) is 0 Å². The van der Waals surface area contributed by atoms with Gasteiger partial charge in [0.2, 0.25) is 0 Å². The topological polar surface area (TPSA) is 20.2 Å². The van der Waals surface area contributed by atoms with Crippen molar-refractivity contribution in [2.45, 2.75) is 58.0 Å². The Morgan fingerprint density at radius 1 is 1.00 bits per heavy atom. The fraction of sp³-hybridized carbons (Fsp3) is 0.625. The van der Waals surface area contributed by atoms with E-state index >= 15 is 0 Å². The second-order valence-corrected chi connectivity index (χ2v) is 5.29. The third-order valence-corrected chi connectivity index (χ3v) is 3.59.